The molecule has 0 aliphatic heterocycles. The number of aryl methyl sites for hydroxylation is 1. The van der Waals surface area contributed by atoms with Gasteiger partial charge in [0.15, 0.2) is 11.4 Å². The summed E-state index contributed by atoms with van der Waals surface area (Å²) >= 11 is 0. The van der Waals surface area contributed by atoms with Crippen LogP contribution in [0.25, 0.3) is 11.2 Å². The molecule has 11 heteroatoms. The van der Waals surface area contributed by atoms with Gasteiger partial charge in [-0.15, -0.1) is 0 Å². The van der Waals surface area contributed by atoms with Gasteiger partial charge in [0.25, 0.3) is 0 Å². The van der Waals surface area contributed by atoms with E-state index >= 15 is 0 Å². The Labute approximate surface area is 144 Å². The second-order valence-corrected chi connectivity index (χ2v) is 7.56. The van der Waals surface area contributed by atoms with E-state index in [0.29, 0.717) is 11.2 Å². The van der Waals surface area contributed by atoms with E-state index in [4.69, 9.17) is 5.14 Å². The van der Waals surface area contributed by atoms with Crippen molar-refractivity contribution >= 4 is 21.5 Å². The highest BCUT2D eigenvalue weighted by Gasteiger charge is 2.48. The van der Waals surface area contributed by atoms with Crippen LogP contribution in [-0.4, -0.2) is 50.9 Å². The van der Waals surface area contributed by atoms with Crippen LogP contribution in [-0.2, 0) is 26.6 Å². The highest BCUT2D eigenvalue weighted by atomic mass is 32.2. The van der Waals surface area contributed by atoms with Crippen LogP contribution in [0.3, 0.4) is 0 Å². The summed E-state index contributed by atoms with van der Waals surface area (Å²) < 4.78 is 27.9. The Balaban J connectivity index is 1.90. The second kappa shape index (κ2) is 6.57. The highest BCUT2D eigenvalue weighted by Crippen LogP contribution is 2.40. The minimum atomic E-state index is -4.07. The van der Waals surface area contributed by atoms with Crippen LogP contribution in [0.5, 0.6) is 0 Å². The smallest absolute Gasteiger partial charge is 0.333 e. The van der Waals surface area contributed by atoms with E-state index in [1.165, 1.54) is 17.2 Å². The Morgan fingerprint density at radius 3 is 2.88 bits per heavy atom. The molecular formula is C14H21N5O5S. The summed E-state index contributed by atoms with van der Waals surface area (Å²) in [5, 5.41) is 26.2. The summed E-state index contributed by atoms with van der Waals surface area (Å²) in [7, 11) is -4.07. The van der Waals surface area contributed by atoms with Gasteiger partial charge in [0, 0.05) is 6.42 Å². The number of aromatic nitrogens is 4. The van der Waals surface area contributed by atoms with E-state index in [2.05, 4.69) is 19.1 Å². The maximum atomic E-state index is 11.0. The SMILES string of the molecule is CCCc1ncnc2c1ncn2C1(O)CC(COS(N)(=O)=O)CC1O. The van der Waals surface area contributed by atoms with Crippen molar-refractivity contribution in [1.82, 2.24) is 19.5 Å². The number of nitrogens with two attached hydrogens (primary N) is 1. The molecule has 0 bridgehead atoms. The van der Waals surface area contributed by atoms with E-state index in [1.54, 1.807) is 0 Å². The Morgan fingerprint density at radius 1 is 1.44 bits per heavy atom. The third-order valence-electron chi connectivity index (χ3n) is 4.46. The van der Waals surface area contributed by atoms with Crippen LogP contribution in [0.15, 0.2) is 12.7 Å². The molecule has 0 spiro atoms. The molecule has 3 unspecified atom stereocenters. The predicted octanol–water partition coefficient (Wildman–Crippen LogP) is -0.585. The number of imidazole rings is 1. The minimum absolute atomic E-state index is 0.0856. The summed E-state index contributed by atoms with van der Waals surface area (Å²) in [6.45, 7) is 1.82. The first-order valence-electron chi connectivity index (χ1n) is 7.99. The zero-order chi connectivity index (χ0) is 18.2. The quantitative estimate of drug-likeness (QED) is 0.609. The lowest BCUT2D eigenvalue weighted by Crippen LogP contribution is -2.40. The summed E-state index contributed by atoms with van der Waals surface area (Å²) in [4.78, 5) is 12.7. The second-order valence-electron chi connectivity index (χ2n) is 6.33. The average molecular weight is 371 g/mol. The first-order chi connectivity index (χ1) is 11.7. The molecule has 138 valence electrons. The summed E-state index contributed by atoms with van der Waals surface area (Å²) in [5.74, 6) is -0.382. The Morgan fingerprint density at radius 2 is 2.20 bits per heavy atom. The molecule has 25 heavy (non-hydrogen) atoms. The van der Waals surface area contributed by atoms with Gasteiger partial charge in [-0.3, -0.25) is 8.75 Å². The van der Waals surface area contributed by atoms with E-state index in [1.807, 2.05) is 6.92 Å². The first kappa shape index (κ1) is 18.1. The van der Waals surface area contributed by atoms with E-state index in [0.717, 1.165) is 18.5 Å². The Bertz CT molecular complexity index is 870. The highest BCUT2D eigenvalue weighted by molar-refractivity contribution is 7.84. The number of hydrogen-bond donors (Lipinski definition) is 3. The van der Waals surface area contributed by atoms with Crippen LogP contribution in [0.1, 0.15) is 31.9 Å². The zero-order valence-corrected chi connectivity index (χ0v) is 14.6. The van der Waals surface area contributed by atoms with E-state index < -0.39 is 22.1 Å². The molecule has 0 radical (unpaired) electrons. The fraction of sp³-hybridized carbons (Fsp3) is 0.643. The lowest BCUT2D eigenvalue weighted by Gasteiger charge is -2.28. The van der Waals surface area contributed by atoms with Gasteiger partial charge >= 0.3 is 10.3 Å². The molecule has 10 nitrogen and oxygen atoms in total. The van der Waals surface area contributed by atoms with Crippen molar-refractivity contribution in [2.24, 2.45) is 11.1 Å². The minimum Gasteiger partial charge on any atom is -0.388 e. The van der Waals surface area contributed by atoms with Gasteiger partial charge in [-0.1, -0.05) is 13.3 Å². The molecule has 0 amide bonds. The van der Waals surface area contributed by atoms with Crippen molar-refractivity contribution < 1.29 is 22.8 Å². The fourth-order valence-corrected chi connectivity index (χ4v) is 3.69. The van der Waals surface area contributed by atoms with Crippen LogP contribution in [0.4, 0.5) is 0 Å². The zero-order valence-electron chi connectivity index (χ0n) is 13.7. The predicted molar refractivity (Wildman–Crippen MR) is 87.3 cm³/mol. The molecule has 1 aliphatic rings. The van der Waals surface area contributed by atoms with Gasteiger partial charge in [0.05, 0.1) is 18.6 Å². The maximum absolute atomic E-state index is 11.0. The van der Waals surface area contributed by atoms with E-state index in [-0.39, 0.29) is 25.4 Å². The van der Waals surface area contributed by atoms with Gasteiger partial charge in [0.2, 0.25) is 0 Å². The summed E-state index contributed by atoms with van der Waals surface area (Å²) in [6, 6.07) is 0. The van der Waals surface area contributed by atoms with Gasteiger partial charge in [-0.05, 0) is 18.8 Å². The number of nitrogens with zero attached hydrogens (tertiary/aromatic N) is 4. The first-order valence-corrected chi connectivity index (χ1v) is 9.46. The number of rotatable bonds is 6. The standard InChI is InChI=1S/C14H21N5O5S/c1-2-3-10-12-13(17-7-16-10)19(8-18-12)14(21)5-9(4-11(14)20)6-24-25(15,22)23/h7-9,11,20-21H,2-6H2,1H3,(H2,15,22,23). The Hall–Kier alpha value is -1.66. The van der Waals surface area contributed by atoms with Gasteiger partial charge in [0.1, 0.15) is 17.9 Å². The number of aliphatic hydroxyl groups excluding tert-OH is 1. The number of hydrogen-bond acceptors (Lipinski definition) is 8. The van der Waals surface area contributed by atoms with Gasteiger partial charge < -0.3 is 10.2 Å². The third kappa shape index (κ3) is 3.51. The molecule has 3 atom stereocenters. The molecule has 2 heterocycles. The lowest BCUT2D eigenvalue weighted by molar-refractivity contribution is -0.113. The van der Waals surface area contributed by atoms with Crippen molar-refractivity contribution in [2.75, 3.05) is 6.61 Å². The van der Waals surface area contributed by atoms with E-state index in [9.17, 15) is 18.6 Å². The molecule has 3 rings (SSSR count). The van der Waals surface area contributed by atoms with Crippen LogP contribution in [0, 0.1) is 5.92 Å². The fourth-order valence-electron chi connectivity index (χ4n) is 3.31. The molecule has 1 aliphatic carbocycles. The van der Waals surface area contributed by atoms with Crippen molar-refractivity contribution in [3.05, 3.63) is 18.3 Å². The van der Waals surface area contributed by atoms with Crippen molar-refractivity contribution in [3.63, 3.8) is 0 Å². The topological polar surface area (TPSA) is 153 Å². The molecule has 1 fully saturated rings. The molecule has 4 N–H and O–H groups in total. The molecule has 0 saturated heterocycles. The molecule has 2 aromatic rings. The van der Waals surface area contributed by atoms with Crippen molar-refractivity contribution in [2.45, 2.75) is 44.4 Å². The largest absolute Gasteiger partial charge is 0.388 e. The number of fused-ring (bicyclic) bond motifs is 1. The summed E-state index contributed by atoms with van der Waals surface area (Å²) in [6.07, 6.45) is 3.56. The number of aliphatic hydroxyl groups is 2. The molecule has 2 aromatic heterocycles. The normalized spacial score (nSPS) is 27.2. The third-order valence-corrected chi connectivity index (χ3v) is 4.93. The van der Waals surface area contributed by atoms with Crippen LogP contribution in [0.2, 0.25) is 0 Å². The van der Waals surface area contributed by atoms with Crippen molar-refractivity contribution in [3.8, 4) is 0 Å². The van der Waals surface area contributed by atoms with Crippen molar-refractivity contribution in [1.29, 1.82) is 0 Å². The van der Waals surface area contributed by atoms with Crippen LogP contribution < -0.4 is 5.14 Å². The van der Waals surface area contributed by atoms with Gasteiger partial charge in [-0.25, -0.2) is 20.1 Å². The molecule has 1 saturated carbocycles. The Kier molecular flexibility index (Phi) is 4.77. The maximum Gasteiger partial charge on any atom is 0.333 e. The lowest BCUT2D eigenvalue weighted by atomic mass is 10.1. The summed E-state index contributed by atoms with van der Waals surface area (Å²) in [5.41, 5.74) is 0.123. The molecular weight excluding hydrogens is 350 g/mol. The van der Waals surface area contributed by atoms with Crippen LogP contribution >= 0.6 is 0 Å². The van der Waals surface area contributed by atoms with Gasteiger partial charge in [-0.2, -0.15) is 8.42 Å². The average Bonchev–Trinajstić information content (AvgIpc) is 3.08. The molecule has 0 aromatic carbocycles. The monoisotopic (exact) mass is 371 g/mol.